The smallest absolute Gasteiger partial charge is 0.163 e. The van der Waals surface area contributed by atoms with E-state index in [4.69, 9.17) is 4.74 Å². The zero-order valence-corrected chi connectivity index (χ0v) is 8.84. The summed E-state index contributed by atoms with van der Waals surface area (Å²) in [5.41, 5.74) is 1.71. The molecule has 3 heteroatoms. The van der Waals surface area contributed by atoms with Crippen LogP contribution < -0.4 is 4.74 Å². The third-order valence-corrected chi connectivity index (χ3v) is 2.28. The van der Waals surface area contributed by atoms with Gasteiger partial charge in [-0.05, 0) is 32.4 Å². The summed E-state index contributed by atoms with van der Waals surface area (Å²) in [7, 11) is 1.54. The molecule has 0 aliphatic carbocycles. The number of aryl methyl sites for hydroxylation is 1. The average Bonchev–Trinajstić information content (AvgIpc) is 2.10. The second-order valence-electron chi connectivity index (χ2n) is 3.30. The molecule has 0 amide bonds. The maximum absolute atomic E-state index is 11.2. The fraction of sp³-hybridized carbons (Fsp3) is 0.364. The van der Waals surface area contributed by atoms with E-state index >= 15 is 0 Å². The molecule has 0 bridgehead atoms. The maximum Gasteiger partial charge on any atom is 0.163 e. The molecule has 0 aliphatic heterocycles. The van der Waals surface area contributed by atoms with Crippen molar-refractivity contribution >= 4 is 5.78 Å². The number of phenolic OH excluding ortho intramolecular Hbond substituents is 1. The van der Waals surface area contributed by atoms with Crippen molar-refractivity contribution < 1.29 is 14.6 Å². The van der Waals surface area contributed by atoms with Crippen molar-refractivity contribution in [1.82, 2.24) is 0 Å². The van der Waals surface area contributed by atoms with Gasteiger partial charge in [-0.15, -0.1) is 0 Å². The van der Waals surface area contributed by atoms with Crippen LogP contribution in [0.1, 0.15) is 28.4 Å². The molecule has 1 aromatic carbocycles. The number of rotatable bonds is 2. The highest BCUT2D eigenvalue weighted by Crippen LogP contribution is 2.33. The van der Waals surface area contributed by atoms with E-state index in [9.17, 15) is 9.90 Å². The van der Waals surface area contributed by atoms with Crippen LogP contribution in [0.25, 0.3) is 0 Å². The SMILES string of the molecule is COc1cc(C)c(C(C)=O)c(O)c1C. The van der Waals surface area contributed by atoms with Gasteiger partial charge in [-0.3, -0.25) is 4.79 Å². The van der Waals surface area contributed by atoms with E-state index in [2.05, 4.69) is 0 Å². The van der Waals surface area contributed by atoms with E-state index in [1.54, 1.807) is 19.9 Å². The molecule has 14 heavy (non-hydrogen) atoms. The summed E-state index contributed by atoms with van der Waals surface area (Å²) in [6, 6.07) is 1.76. The van der Waals surface area contributed by atoms with Crippen molar-refractivity contribution in [2.24, 2.45) is 0 Å². The third-order valence-electron chi connectivity index (χ3n) is 2.28. The van der Waals surface area contributed by atoms with Gasteiger partial charge in [0.25, 0.3) is 0 Å². The molecule has 0 fully saturated rings. The minimum absolute atomic E-state index is 0.0225. The Bertz CT molecular complexity index is 381. The first kappa shape index (κ1) is 10.6. The number of carbonyl (C=O) groups is 1. The van der Waals surface area contributed by atoms with E-state index in [1.165, 1.54) is 14.0 Å². The summed E-state index contributed by atoms with van der Waals surface area (Å²) in [6.07, 6.45) is 0. The quantitative estimate of drug-likeness (QED) is 0.734. The number of phenols is 1. The van der Waals surface area contributed by atoms with E-state index in [-0.39, 0.29) is 11.5 Å². The van der Waals surface area contributed by atoms with Gasteiger partial charge < -0.3 is 9.84 Å². The second kappa shape index (κ2) is 3.70. The monoisotopic (exact) mass is 194 g/mol. The van der Waals surface area contributed by atoms with Crippen LogP contribution in [0.4, 0.5) is 0 Å². The highest BCUT2D eigenvalue weighted by Gasteiger charge is 2.15. The van der Waals surface area contributed by atoms with Gasteiger partial charge in [0.2, 0.25) is 0 Å². The highest BCUT2D eigenvalue weighted by molar-refractivity contribution is 5.99. The van der Waals surface area contributed by atoms with Crippen LogP contribution in [-0.2, 0) is 0 Å². The number of hydrogen-bond donors (Lipinski definition) is 1. The fourth-order valence-corrected chi connectivity index (χ4v) is 1.52. The van der Waals surface area contributed by atoms with Gasteiger partial charge in [-0.1, -0.05) is 0 Å². The Labute approximate surface area is 83.3 Å². The van der Waals surface area contributed by atoms with Gasteiger partial charge in [-0.25, -0.2) is 0 Å². The molecule has 1 rings (SSSR count). The van der Waals surface area contributed by atoms with Crippen LogP contribution in [0.15, 0.2) is 6.07 Å². The Kier molecular flexibility index (Phi) is 2.79. The van der Waals surface area contributed by atoms with Gasteiger partial charge in [0, 0.05) is 5.56 Å². The van der Waals surface area contributed by atoms with Crippen LogP contribution in [-0.4, -0.2) is 18.0 Å². The molecule has 3 nitrogen and oxygen atoms in total. The predicted molar refractivity (Wildman–Crippen MR) is 54.1 cm³/mol. The predicted octanol–water partition coefficient (Wildman–Crippen LogP) is 2.22. The lowest BCUT2D eigenvalue weighted by molar-refractivity contribution is 0.101. The van der Waals surface area contributed by atoms with Crippen LogP contribution in [0.3, 0.4) is 0 Å². The Morgan fingerprint density at radius 1 is 1.43 bits per heavy atom. The number of aromatic hydroxyl groups is 1. The normalized spacial score (nSPS) is 10.0. The Hall–Kier alpha value is -1.51. The van der Waals surface area contributed by atoms with Crippen molar-refractivity contribution in [3.63, 3.8) is 0 Å². The number of hydrogen-bond acceptors (Lipinski definition) is 3. The zero-order chi connectivity index (χ0) is 10.9. The van der Waals surface area contributed by atoms with Gasteiger partial charge in [0.1, 0.15) is 11.5 Å². The lowest BCUT2D eigenvalue weighted by Crippen LogP contribution is -2.00. The largest absolute Gasteiger partial charge is 0.507 e. The second-order valence-corrected chi connectivity index (χ2v) is 3.30. The van der Waals surface area contributed by atoms with Gasteiger partial charge >= 0.3 is 0 Å². The molecule has 0 saturated carbocycles. The van der Waals surface area contributed by atoms with Gasteiger partial charge in [-0.2, -0.15) is 0 Å². The van der Waals surface area contributed by atoms with Crippen molar-refractivity contribution in [3.8, 4) is 11.5 Å². The van der Waals surface area contributed by atoms with Crippen LogP contribution >= 0.6 is 0 Å². The Morgan fingerprint density at radius 3 is 2.43 bits per heavy atom. The molecular formula is C11H14O3. The van der Waals surface area contributed by atoms with Crippen LogP contribution in [0.5, 0.6) is 11.5 Å². The molecule has 0 aromatic heterocycles. The summed E-state index contributed by atoms with van der Waals surface area (Å²) in [6.45, 7) is 4.94. The Balaban J connectivity index is 3.49. The van der Waals surface area contributed by atoms with Crippen LogP contribution in [0.2, 0.25) is 0 Å². The summed E-state index contributed by atoms with van der Waals surface area (Å²) in [4.78, 5) is 11.2. The summed E-state index contributed by atoms with van der Waals surface area (Å²) < 4.78 is 5.07. The molecule has 0 heterocycles. The highest BCUT2D eigenvalue weighted by atomic mass is 16.5. The van der Waals surface area contributed by atoms with E-state index in [0.29, 0.717) is 16.9 Å². The molecule has 0 saturated heterocycles. The number of ether oxygens (including phenoxy) is 1. The van der Waals surface area contributed by atoms with Crippen molar-refractivity contribution in [2.75, 3.05) is 7.11 Å². The van der Waals surface area contributed by atoms with E-state index < -0.39 is 0 Å². The molecule has 0 radical (unpaired) electrons. The zero-order valence-electron chi connectivity index (χ0n) is 8.84. The van der Waals surface area contributed by atoms with Crippen molar-refractivity contribution in [1.29, 1.82) is 0 Å². The number of Topliss-reactive ketones (excluding diaryl/α,β-unsaturated/α-hetero) is 1. The molecule has 0 atom stereocenters. The molecule has 1 N–H and O–H groups in total. The molecule has 0 aliphatic rings. The van der Waals surface area contributed by atoms with Gasteiger partial charge in [0.05, 0.1) is 12.7 Å². The third kappa shape index (κ3) is 1.58. The molecule has 0 unspecified atom stereocenters. The van der Waals surface area contributed by atoms with E-state index in [1.807, 2.05) is 0 Å². The lowest BCUT2D eigenvalue weighted by Gasteiger charge is -2.12. The van der Waals surface area contributed by atoms with Crippen molar-refractivity contribution in [2.45, 2.75) is 20.8 Å². The summed E-state index contributed by atoms with van der Waals surface area (Å²) in [5, 5.41) is 9.76. The summed E-state index contributed by atoms with van der Waals surface area (Å²) >= 11 is 0. The molecule has 76 valence electrons. The molecule has 1 aromatic rings. The number of benzene rings is 1. The topological polar surface area (TPSA) is 46.5 Å². The molecule has 0 spiro atoms. The van der Waals surface area contributed by atoms with Gasteiger partial charge in [0.15, 0.2) is 5.78 Å². The van der Waals surface area contributed by atoms with Crippen LogP contribution in [0, 0.1) is 13.8 Å². The number of ketones is 1. The number of methoxy groups -OCH3 is 1. The first-order valence-electron chi connectivity index (χ1n) is 4.37. The minimum Gasteiger partial charge on any atom is -0.507 e. The minimum atomic E-state index is -0.134. The molecular weight excluding hydrogens is 180 g/mol. The summed E-state index contributed by atoms with van der Waals surface area (Å²) in [5.74, 6) is 0.491. The fourth-order valence-electron chi connectivity index (χ4n) is 1.52. The number of carbonyl (C=O) groups excluding carboxylic acids is 1. The Morgan fingerprint density at radius 2 is 2.00 bits per heavy atom. The first-order valence-corrected chi connectivity index (χ1v) is 4.37. The maximum atomic E-state index is 11.2. The first-order chi connectivity index (χ1) is 6.49. The van der Waals surface area contributed by atoms with E-state index in [0.717, 1.165) is 5.56 Å². The lowest BCUT2D eigenvalue weighted by atomic mass is 10.00. The average molecular weight is 194 g/mol. The van der Waals surface area contributed by atoms with Crippen molar-refractivity contribution in [3.05, 3.63) is 22.8 Å². The standard InChI is InChI=1S/C11H14O3/c1-6-5-9(14-4)7(2)11(13)10(6)8(3)12/h5,13H,1-4H3.